The second-order valence-corrected chi connectivity index (χ2v) is 8.51. The van der Waals surface area contributed by atoms with E-state index in [-0.39, 0.29) is 17.9 Å². The van der Waals surface area contributed by atoms with Gasteiger partial charge in [-0.25, -0.2) is 9.69 Å². The molecule has 0 radical (unpaired) electrons. The van der Waals surface area contributed by atoms with Crippen LogP contribution in [0, 0.1) is 5.92 Å². The first-order valence-corrected chi connectivity index (χ1v) is 9.87. The largest absolute Gasteiger partial charge is 0.326 e. The quantitative estimate of drug-likeness (QED) is 0.855. The Bertz CT molecular complexity index is 652. The van der Waals surface area contributed by atoms with Crippen LogP contribution >= 0.6 is 11.3 Å². The lowest BCUT2D eigenvalue weighted by atomic mass is 9.75. The molecule has 2 fully saturated rings. The van der Waals surface area contributed by atoms with Gasteiger partial charge < -0.3 is 5.32 Å². The van der Waals surface area contributed by atoms with Crippen molar-refractivity contribution in [3.8, 4) is 0 Å². The Morgan fingerprint density at radius 1 is 1.29 bits per heavy atom. The van der Waals surface area contributed by atoms with Gasteiger partial charge in [0.15, 0.2) is 0 Å². The molecular weight excluding hydrogens is 322 g/mol. The molecule has 1 aliphatic carbocycles. The summed E-state index contributed by atoms with van der Waals surface area (Å²) in [6.45, 7) is 4.07. The van der Waals surface area contributed by atoms with E-state index < -0.39 is 5.54 Å². The molecular formula is C18H25N3O2S. The fraction of sp³-hybridized carbons (Fsp3) is 0.667. The van der Waals surface area contributed by atoms with Crippen molar-refractivity contribution in [3.63, 3.8) is 0 Å². The zero-order valence-electron chi connectivity index (χ0n) is 14.2. The van der Waals surface area contributed by atoms with Crippen molar-refractivity contribution in [1.82, 2.24) is 15.1 Å². The third-order valence-electron chi connectivity index (χ3n) is 5.95. The molecule has 4 rings (SSSR count). The third-order valence-corrected chi connectivity index (χ3v) is 6.97. The highest BCUT2D eigenvalue weighted by Gasteiger charge is 2.52. The van der Waals surface area contributed by atoms with Crippen LogP contribution in [0.25, 0.3) is 0 Å². The standard InChI is InChI=1S/C18H25N3O2S/c1-18(14-5-3-2-4-6-14)16(22)21(17(23)19-18)12-20-9-7-15-13(11-20)8-10-24-15/h8,10,14H,2-7,9,11-12H2,1H3,(H,19,23). The molecule has 1 aromatic heterocycles. The topological polar surface area (TPSA) is 52.7 Å². The molecule has 6 heteroatoms. The average molecular weight is 347 g/mol. The number of carbonyl (C=O) groups excluding carboxylic acids is 2. The van der Waals surface area contributed by atoms with Crippen molar-refractivity contribution < 1.29 is 9.59 Å². The Morgan fingerprint density at radius 2 is 2.08 bits per heavy atom. The Labute approximate surface area is 147 Å². The highest BCUT2D eigenvalue weighted by Crippen LogP contribution is 2.36. The van der Waals surface area contributed by atoms with Gasteiger partial charge in [0.1, 0.15) is 5.54 Å². The number of amides is 3. The zero-order valence-corrected chi connectivity index (χ0v) is 15.0. The summed E-state index contributed by atoms with van der Waals surface area (Å²) in [5, 5.41) is 5.14. The Hall–Kier alpha value is -1.40. The lowest BCUT2D eigenvalue weighted by molar-refractivity contribution is -0.134. The minimum absolute atomic E-state index is 0.0319. The number of hydrogen-bond acceptors (Lipinski definition) is 4. The second-order valence-electron chi connectivity index (χ2n) is 7.51. The number of rotatable bonds is 3. The van der Waals surface area contributed by atoms with E-state index in [2.05, 4.69) is 21.7 Å². The van der Waals surface area contributed by atoms with Crippen molar-refractivity contribution in [2.45, 2.75) is 57.5 Å². The van der Waals surface area contributed by atoms with Gasteiger partial charge in [0, 0.05) is 18.0 Å². The SMILES string of the molecule is CC1(C2CCCCC2)NC(=O)N(CN2CCc3sccc3C2)C1=O. The van der Waals surface area contributed by atoms with E-state index in [9.17, 15) is 9.59 Å². The smallest absolute Gasteiger partial charge is 0.323 e. The Kier molecular flexibility index (Phi) is 4.12. The number of nitrogens with one attached hydrogen (secondary N) is 1. The van der Waals surface area contributed by atoms with Gasteiger partial charge in [0.05, 0.1) is 6.67 Å². The first kappa shape index (κ1) is 16.1. The first-order valence-electron chi connectivity index (χ1n) is 8.99. The summed E-state index contributed by atoms with van der Waals surface area (Å²) in [6, 6.07) is 1.94. The lowest BCUT2D eigenvalue weighted by Crippen LogP contribution is -2.51. The number of thiophene rings is 1. The van der Waals surface area contributed by atoms with Crippen molar-refractivity contribution in [1.29, 1.82) is 0 Å². The van der Waals surface area contributed by atoms with Crippen LogP contribution in [0.1, 0.15) is 49.5 Å². The average Bonchev–Trinajstić information content (AvgIpc) is 3.14. The molecule has 5 nitrogen and oxygen atoms in total. The molecule has 130 valence electrons. The second kappa shape index (κ2) is 6.15. The molecule has 2 aliphatic heterocycles. The Balaban J connectivity index is 1.46. The monoisotopic (exact) mass is 347 g/mol. The summed E-state index contributed by atoms with van der Waals surface area (Å²) in [4.78, 5) is 30.6. The third kappa shape index (κ3) is 2.65. The molecule has 3 heterocycles. The molecule has 24 heavy (non-hydrogen) atoms. The van der Waals surface area contributed by atoms with E-state index in [1.165, 1.54) is 21.8 Å². The maximum absolute atomic E-state index is 13.0. The molecule has 3 aliphatic rings. The molecule has 1 saturated heterocycles. The van der Waals surface area contributed by atoms with Crippen LogP contribution in [0.2, 0.25) is 0 Å². The molecule has 0 bridgehead atoms. The van der Waals surface area contributed by atoms with Crippen LogP contribution in [-0.2, 0) is 17.8 Å². The fourth-order valence-corrected chi connectivity index (χ4v) is 5.32. The predicted molar refractivity (Wildman–Crippen MR) is 93.7 cm³/mol. The van der Waals surface area contributed by atoms with Crippen molar-refractivity contribution >= 4 is 23.3 Å². The van der Waals surface area contributed by atoms with Gasteiger partial charge in [-0.1, -0.05) is 19.3 Å². The normalized spacial score (nSPS) is 29.0. The van der Waals surface area contributed by atoms with Gasteiger partial charge in [-0.2, -0.15) is 0 Å². The van der Waals surface area contributed by atoms with E-state index in [0.717, 1.165) is 45.2 Å². The van der Waals surface area contributed by atoms with Crippen LogP contribution in [0.15, 0.2) is 11.4 Å². The van der Waals surface area contributed by atoms with E-state index >= 15 is 0 Å². The molecule has 1 N–H and O–H groups in total. The highest BCUT2D eigenvalue weighted by molar-refractivity contribution is 7.10. The molecule has 1 saturated carbocycles. The molecule has 3 amide bonds. The minimum Gasteiger partial charge on any atom is -0.323 e. The van der Waals surface area contributed by atoms with Gasteiger partial charge in [0.2, 0.25) is 0 Å². The van der Waals surface area contributed by atoms with Crippen LogP contribution in [0.3, 0.4) is 0 Å². The van der Waals surface area contributed by atoms with Gasteiger partial charge in [-0.05, 0) is 49.1 Å². The fourth-order valence-electron chi connectivity index (χ4n) is 4.43. The summed E-state index contributed by atoms with van der Waals surface area (Å²) in [6.07, 6.45) is 6.66. The number of imide groups is 1. The van der Waals surface area contributed by atoms with Gasteiger partial charge in [-0.15, -0.1) is 11.3 Å². The van der Waals surface area contributed by atoms with E-state index in [1.54, 1.807) is 11.3 Å². The molecule has 1 unspecified atom stereocenters. The summed E-state index contributed by atoms with van der Waals surface area (Å²) in [5.41, 5.74) is 0.634. The summed E-state index contributed by atoms with van der Waals surface area (Å²) in [7, 11) is 0. The molecule has 0 aromatic carbocycles. The summed E-state index contributed by atoms with van der Waals surface area (Å²) >= 11 is 1.80. The summed E-state index contributed by atoms with van der Waals surface area (Å²) < 4.78 is 0. The van der Waals surface area contributed by atoms with E-state index in [0.29, 0.717) is 6.67 Å². The lowest BCUT2D eigenvalue weighted by Gasteiger charge is -2.35. The predicted octanol–water partition coefficient (Wildman–Crippen LogP) is 2.95. The first-order chi connectivity index (χ1) is 11.6. The van der Waals surface area contributed by atoms with Crippen LogP contribution in [0.4, 0.5) is 4.79 Å². The van der Waals surface area contributed by atoms with Crippen LogP contribution < -0.4 is 5.32 Å². The maximum Gasteiger partial charge on any atom is 0.326 e. The van der Waals surface area contributed by atoms with Gasteiger partial charge in [0.25, 0.3) is 5.91 Å². The van der Waals surface area contributed by atoms with E-state index in [4.69, 9.17) is 0 Å². The summed E-state index contributed by atoms with van der Waals surface area (Å²) in [5.74, 6) is 0.244. The number of nitrogens with zero attached hydrogens (tertiary/aromatic N) is 2. The van der Waals surface area contributed by atoms with Gasteiger partial charge >= 0.3 is 6.03 Å². The van der Waals surface area contributed by atoms with E-state index in [1.807, 2.05) is 6.92 Å². The maximum atomic E-state index is 13.0. The van der Waals surface area contributed by atoms with Crippen LogP contribution in [-0.4, -0.2) is 40.5 Å². The van der Waals surface area contributed by atoms with Crippen molar-refractivity contribution in [3.05, 3.63) is 21.9 Å². The number of fused-ring (bicyclic) bond motifs is 1. The number of urea groups is 1. The minimum atomic E-state index is -0.708. The molecule has 1 atom stereocenters. The van der Waals surface area contributed by atoms with Gasteiger partial charge in [-0.3, -0.25) is 9.69 Å². The van der Waals surface area contributed by atoms with Crippen LogP contribution in [0.5, 0.6) is 0 Å². The zero-order chi connectivity index (χ0) is 16.7. The van der Waals surface area contributed by atoms with Crippen molar-refractivity contribution in [2.24, 2.45) is 5.92 Å². The number of carbonyl (C=O) groups is 2. The number of hydrogen-bond donors (Lipinski definition) is 1. The highest BCUT2D eigenvalue weighted by atomic mass is 32.1. The molecule has 1 aromatic rings. The Morgan fingerprint density at radius 3 is 2.88 bits per heavy atom. The molecule has 0 spiro atoms. The van der Waals surface area contributed by atoms with Crippen molar-refractivity contribution in [2.75, 3.05) is 13.2 Å².